The highest BCUT2D eigenvalue weighted by Crippen LogP contribution is 2.44. The zero-order chi connectivity index (χ0) is 27.0. The van der Waals surface area contributed by atoms with Crippen LogP contribution >= 0.6 is 0 Å². The summed E-state index contributed by atoms with van der Waals surface area (Å²) in [5.74, 6) is 2.89. The molecule has 4 aromatic carbocycles. The molecule has 0 amide bonds. The van der Waals surface area contributed by atoms with E-state index in [1.165, 1.54) is 0 Å². The predicted octanol–water partition coefficient (Wildman–Crippen LogP) is 9.05. The molecule has 0 heterocycles. The number of nitrogen functional groups attached to an aromatic ring is 2. The number of benzene rings is 4. The average Bonchev–Trinajstić information content (AvgIpc) is 2.94. The van der Waals surface area contributed by atoms with Gasteiger partial charge in [0.15, 0.2) is 0 Å². The molecule has 0 spiro atoms. The second-order valence-corrected chi connectivity index (χ2v) is 9.79. The van der Waals surface area contributed by atoms with Crippen LogP contribution in [0.2, 0.25) is 0 Å². The van der Waals surface area contributed by atoms with Crippen LogP contribution in [0.1, 0.15) is 57.1 Å². The Bertz CT molecular complexity index is 1180. The van der Waals surface area contributed by atoms with Crippen molar-refractivity contribution in [2.24, 2.45) is 0 Å². The van der Waals surface area contributed by atoms with Crippen molar-refractivity contribution in [3.8, 4) is 23.0 Å². The second kappa shape index (κ2) is 12.5. The predicted molar refractivity (Wildman–Crippen MR) is 155 cm³/mol. The summed E-state index contributed by atoms with van der Waals surface area (Å²) in [4.78, 5) is 0. The molecule has 4 rings (SSSR count). The summed E-state index contributed by atoms with van der Waals surface area (Å²) in [5, 5.41) is 0. The van der Waals surface area contributed by atoms with Crippen molar-refractivity contribution < 1.29 is 13.9 Å². The topological polar surface area (TPSA) is 70.5 Å². The maximum absolute atomic E-state index is 15.2. The van der Waals surface area contributed by atoms with E-state index in [-0.39, 0.29) is 0 Å². The molecule has 0 saturated heterocycles. The minimum absolute atomic E-state index is 0.416. The monoisotopic (exact) mass is 512 g/mol. The fourth-order valence-corrected chi connectivity index (χ4v) is 4.82. The van der Waals surface area contributed by atoms with Crippen LogP contribution in [0.3, 0.4) is 0 Å². The van der Waals surface area contributed by atoms with Gasteiger partial charge < -0.3 is 20.9 Å². The van der Waals surface area contributed by atoms with E-state index in [0.29, 0.717) is 24.2 Å². The van der Waals surface area contributed by atoms with Crippen LogP contribution in [-0.4, -0.2) is 6.17 Å². The molecule has 0 aromatic heterocycles. The lowest BCUT2D eigenvalue weighted by Crippen LogP contribution is -2.31. The van der Waals surface area contributed by atoms with Crippen LogP contribution in [0.4, 0.5) is 15.8 Å². The van der Waals surface area contributed by atoms with Crippen molar-refractivity contribution in [2.75, 3.05) is 11.5 Å². The SMILES string of the molecule is CCCCC(CC(F)CC)(c1ccc(Oc2ccc(N)cc2)cc1)c1ccc(Oc2ccc(N)cc2)cc1. The molecule has 0 bridgehead atoms. The Morgan fingerprint density at radius 3 is 1.34 bits per heavy atom. The average molecular weight is 513 g/mol. The van der Waals surface area contributed by atoms with Gasteiger partial charge in [0.1, 0.15) is 29.2 Å². The van der Waals surface area contributed by atoms with Crippen molar-refractivity contribution >= 4 is 11.4 Å². The van der Waals surface area contributed by atoms with Crippen molar-refractivity contribution in [3.63, 3.8) is 0 Å². The molecule has 0 aliphatic carbocycles. The van der Waals surface area contributed by atoms with Gasteiger partial charge in [0, 0.05) is 16.8 Å². The van der Waals surface area contributed by atoms with Gasteiger partial charge >= 0.3 is 0 Å². The van der Waals surface area contributed by atoms with Crippen LogP contribution in [0.5, 0.6) is 23.0 Å². The maximum atomic E-state index is 15.2. The normalized spacial score (nSPS) is 12.2. The standard InChI is InChI=1S/C33H37FN2O2/c1-3-5-22-33(23-26(34)4-2,24-6-14-29(15-7-24)37-31-18-10-27(35)11-19-31)25-8-16-30(17-9-25)38-32-20-12-28(36)13-21-32/h6-21,26H,3-5,22-23,35-36H2,1-2H3. The lowest BCUT2D eigenvalue weighted by atomic mass is 9.67. The summed E-state index contributed by atoms with van der Waals surface area (Å²) < 4.78 is 27.2. The van der Waals surface area contributed by atoms with Gasteiger partial charge in [-0.05, 0) is 103 Å². The number of hydrogen-bond acceptors (Lipinski definition) is 4. The van der Waals surface area contributed by atoms with E-state index in [1.54, 1.807) is 0 Å². The van der Waals surface area contributed by atoms with Crippen LogP contribution in [0.25, 0.3) is 0 Å². The van der Waals surface area contributed by atoms with Gasteiger partial charge in [-0.15, -0.1) is 0 Å². The molecule has 4 aromatic rings. The van der Waals surface area contributed by atoms with Gasteiger partial charge in [-0.2, -0.15) is 0 Å². The fraction of sp³-hybridized carbons (Fsp3) is 0.273. The first-order valence-electron chi connectivity index (χ1n) is 13.3. The summed E-state index contributed by atoms with van der Waals surface area (Å²) in [6.07, 6.45) is 2.85. The Kier molecular flexibility index (Phi) is 8.90. The van der Waals surface area contributed by atoms with E-state index in [0.717, 1.165) is 53.4 Å². The third-order valence-electron chi connectivity index (χ3n) is 7.02. The summed E-state index contributed by atoms with van der Waals surface area (Å²) in [6.45, 7) is 4.08. The zero-order valence-corrected chi connectivity index (χ0v) is 22.2. The van der Waals surface area contributed by atoms with Crippen LogP contribution in [0, 0.1) is 0 Å². The minimum atomic E-state index is -0.914. The van der Waals surface area contributed by atoms with Gasteiger partial charge in [0.2, 0.25) is 0 Å². The third kappa shape index (κ3) is 6.65. The molecule has 4 nitrogen and oxygen atoms in total. The lowest BCUT2D eigenvalue weighted by Gasteiger charge is -2.37. The number of ether oxygens (including phenoxy) is 2. The van der Waals surface area contributed by atoms with Crippen LogP contribution < -0.4 is 20.9 Å². The molecule has 4 N–H and O–H groups in total. The van der Waals surface area contributed by atoms with Crippen LogP contribution in [0.15, 0.2) is 97.1 Å². The van der Waals surface area contributed by atoms with Crippen molar-refractivity contribution in [2.45, 2.75) is 57.5 Å². The Morgan fingerprint density at radius 1 is 0.632 bits per heavy atom. The summed E-state index contributed by atoms with van der Waals surface area (Å²) in [6, 6.07) is 30.8. The molecule has 0 saturated carbocycles. The number of unbranched alkanes of at least 4 members (excludes halogenated alkanes) is 1. The van der Waals surface area contributed by atoms with Crippen molar-refractivity contribution in [1.29, 1.82) is 0 Å². The maximum Gasteiger partial charge on any atom is 0.127 e. The molecule has 0 aliphatic rings. The highest BCUT2D eigenvalue weighted by molar-refractivity contribution is 5.47. The van der Waals surface area contributed by atoms with Gasteiger partial charge in [-0.25, -0.2) is 4.39 Å². The van der Waals surface area contributed by atoms with Gasteiger partial charge in [0.05, 0.1) is 0 Å². The van der Waals surface area contributed by atoms with E-state index in [2.05, 4.69) is 31.2 Å². The number of alkyl halides is 1. The summed E-state index contributed by atoms with van der Waals surface area (Å²) in [7, 11) is 0. The van der Waals surface area contributed by atoms with Crippen LogP contribution in [-0.2, 0) is 5.41 Å². The highest BCUT2D eigenvalue weighted by atomic mass is 19.1. The molecule has 1 atom stereocenters. The number of rotatable bonds is 12. The Hall–Kier alpha value is -3.99. The van der Waals surface area contributed by atoms with Crippen molar-refractivity contribution in [1.82, 2.24) is 0 Å². The largest absolute Gasteiger partial charge is 0.457 e. The summed E-state index contributed by atoms with van der Waals surface area (Å²) >= 11 is 0. The van der Waals surface area contributed by atoms with E-state index in [1.807, 2.05) is 79.7 Å². The first kappa shape index (κ1) is 27.1. The first-order chi connectivity index (χ1) is 18.4. The second-order valence-electron chi connectivity index (χ2n) is 9.79. The van der Waals surface area contributed by atoms with Crippen molar-refractivity contribution in [3.05, 3.63) is 108 Å². The van der Waals surface area contributed by atoms with Gasteiger partial charge in [-0.1, -0.05) is 51.0 Å². The van der Waals surface area contributed by atoms with E-state index < -0.39 is 11.6 Å². The van der Waals surface area contributed by atoms with E-state index in [4.69, 9.17) is 20.9 Å². The highest BCUT2D eigenvalue weighted by Gasteiger charge is 2.36. The molecule has 0 aliphatic heterocycles. The molecule has 0 fully saturated rings. The fourth-order valence-electron chi connectivity index (χ4n) is 4.82. The van der Waals surface area contributed by atoms with E-state index >= 15 is 4.39 Å². The molecular weight excluding hydrogens is 475 g/mol. The molecule has 5 heteroatoms. The smallest absolute Gasteiger partial charge is 0.127 e. The Balaban J connectivity index is 1.65. The number of anilines is 2. The molecule has 198 valence electrons. The molecule has 0 radical (unpaired) electrons. The Labute approximate surface area is 225 Å². The molecule has 38 heavy (non-hydrogen) atoms. The molecule has 1 unspecified atom stereocenters. The number of hydrogen-bond donors (Lipinski definition) is 2. The zero-order valence-electron chi connectivity index (χ0n) is 22.2. The first-order valence-corrected chi connectivity index (χ1v) is 13.3. The summed E-state index contributed by atoms with van der Waals surface area (Å²) in [5.41, 5.74) is 14.7. The number of nitrogens with two attached hydrogens (primary N) is 2. The lowest BCUT2D eigenvalue weighted by molar-refractivity contribution is 0.244. The minimum Gasteiger partial charge on any atom is -0.457 e. The third-order valence-corrected chi connectivity index (χ3v) is 7.02. The molecular formula is C33H37FN2O2. The Morgan fingerprint density at radius 2 is 1.00 bits per heavy atom. The van der Waals surface area contributed by atoms with Gasteiger partial charge in [-0.3, -0.25) is 0 Å². The number of halogens is 1. The quantitative estimate of drug-likeness (QED) is 0.186. The van der Waals surface area contributed by atoms with Gasteiger partial charge in [0.25, 0.3) is 0 Å². The van der Waals surface area contributed by atoms with E-state index in [9.17, 15) is 0 Å².